The number of hydrogen-bond acceptors (Lipinski definition) is 4. The van der Waals surface area contributed by atoms with Gasteiger partial charge >= 0.3 is 0 Å². The first-order chi connectivity index (χ1) is 11.3. The molecule has 1 fully saturated rings. The van der Waals surface area contributed by atoms with Crippen LogP contribution in [0.4, 0.5) is 0 Å². The van der Waals surface area contributed by atoms with E-state index in [4.69, 9.17) is 4.74 Å². The first-order valence-electron chi connectivity index (χ1n) is 8.56. The maximum atomic E-state index is 5.25. The number of methoxy groups -OCH3 is 1. The Labute approximate surface area is 142 Å². The van der Waals surface area contributed by atoms with Gasteiger partial charge in [0.15, 0.2) is 11.0 Å². The summed E-state index contributed by atoms with van der Waals surface area (Å²) in [5.41, 5.74) is 1.10. The van der Waals surface area contributed by atoms with Crippen LogP contribution in [-0.4, -0.2) is 27.1 Å². The van der Waals surface area contributed by atoms with Gasteiger partial charge in [-0.3, -0.25) is 0 Å². The minimum Gasteiger partial charge on any atom is -0.497 e. The van der Waals surface area contributed by atoms with Crippen LogP contribution in [0.3, 0.4) is 0 Å². The molecule has 5 heteroatoms. The van der Waals surface area contributed by atoms with Gasteiger partial charge in [0.05, 0.1) is 7.11 Å². The van der Waals surface area contributed by atoms with E-state index in [-0.39, 0.29) is 0 Å². The normalized spacial score (nSPS) is 15.2. The molecule has 23 heavy (non-hydrogen) atoms. The van der Waals surface area contributed by atoms with Crippen molar-refractivity contribution in [3.05, 3.63) is 24.3 Å². The number of hydrogen-bond donors (Lipinski definition) is 0. The highest BCUT2D eigenvalue weighted by Crippen LogP contribution is 2.35. The van der Waals surface area contributed by atoms with Crippen LogP contribution >= 0.6 is 11.8 Å². The van der Waals surface area contributed by atoms with E-state index in [2.05, 4.69) is 33.8 Å². The van der Waals surface area contributed by atoms with Crippen molar-refractivity contribution in [3.8, 4) is 17.1 Å². The summed E-state index contributed by atoms with van der Waals surface area (Å²) in [7, 11) is 1.69. The Morgan fingerprint density at radius 1 is 1.17 bits per heavy atom. The zero-order valence-electron chi connectivity index (χ0n) is 14.0. The highest BCUT2D eigenvalue weighted by molar-refractivity contribution is 7.99. The number of aromatic nitrogens is 3. The molecule has 4 nitrogen and oxygen atoms in total. The van der Waals surface area contributed by atoms with E-state index in [0.717, 1.165) is 35.3 Å². The summed E-state index contributed by atoms with van der Waals surface area (Å²) in [6, 6.07) is 8.10. The lowest BCUT2D eigenvalue weighted by Crippen LogP contribution is -2.05. The van der Waals surface area contributed by atoms with Crippen molar-refractivity contribution < 1.29 is 4.74 Å². The van der Waals surface area contributed by atoms with Crippen LogP contribution in [0.15, 0.2) is 29.4 Å². The summed E-state index contributed by atoms with van der Waals surface area (Å²) in [5, 5.41) is 10.8. The van der Waals surface area contributed by atoms with E-state index >= 15 is 0 Å². The Kier molecular flexibility index (Phi) is 5.60. The third-order valence-electron chi connectivity index (χ3n) is 4.37. The van der Waals surface area contributed by atoms with Crippen molar-refractivity contribution >= 4 is 11.8 Å². The highest BCUT2D eigenvalue weighted by Gasteiger charge is 2.21. The van der Waals surface area contributed by atoms with E-state index in [1.807, 2.05) is 23.9 Å². The molecule has 2 aromatic rings. The minimum absolute atomic E-state index is 0.711. The molecule has 0 aliphatic heterocycles. The molecule has 0 amide bonds. The Morgan fingerprint density at radius 3 is 2.57 bits per heavy atom. The van der Waals surface area contributed by atoms with Gasteiger partial charge < -0.3 is 9.30 Å². The standard InChI is InChI=1S/C18H25N3OS/c1-3-4-13-21-17(14-9-11-15(22-2)12-10-14)19-20-18(21)23-16-7-5-6-8-16/h9-12,16H,3-8,13H2,1-2H3. The third kappa shape index (κ3) is 3.89. The van der Waals surface area contributed by atoms with Gasteiger partial charge in [-0.15, -0.1) is 10.2 Å². The monoisotopic (exact) mass is 331 g/mol. The second kappa shape index (κ2) is 7.86. The molecule has 1 aromatic heterocycles. The molecule has 1 saturated carbocycles. The van der Waals surface area contributed by atoms with Gasteiger partial charge in [0, 0.05) is 17.4 Å². The van der Waals surface area contributed by atoms with Gasteiger partial charge in [0.25, 0.3) is 0 Å². The van der Waals surface area contributed by atoms with Crippen molar-refractivity contribution in [3.63, 3.8) is 0 Å². The molecule has 3 rings (SSSR count). The van der Waals surface area contributed by atoms with Crippen molar-refractivity contribution in [2.24, 2.45) is 0 Å². The van der Waals surface area contributed by atoms with Crippen molar-refractivity contribution in [2.75, 3.05) is 7.11 Å². The van der Waals surface area contributed by atoms with Gasteiger partial charge in [0.2, 0.25) is 0 Å². The van der Waals surface area contributed by atoms with E-state index in [1.165, 1.54) is 32.1 Å². The number of ether oxygens (including phenoxy) is 1. The lowest BCUT2D eigenvalue weighted by atomic mass is 10.2. The highest BCUT2D eigenvalue weighted by atomic mass is 32.2. The topological polar surface area (TPSA) is 39.9 Å². The van der Waals surface area contributed by atoms with E-state index < -0.39 is 0 Å². The molecule has 0 unspecified atom stereocenters. The lowest BCUT2D eigenvalue weighted by Gasteiger charge is -2.12. The Balaban J connectivity index is 1.86. The predicted octanol–water partition coefficient (Wildman–Crippen LogP) is 4.79. The molecular weight excluding hydrogens is 306 g/mol. The Morgan fingerprint density at radius 2 is 1.91 bits per heavy atom. The van der Waals surface area contributed by atoms with Crippen LogP contribution in [-0.2, 0) is 6.54 Å². The van der Waals surface area contributed by atoms with E-state index in [9.17, 15) is 0 Å². The summed E-state index contributed by atoms with van der Waals surface area (Å²) in [5.74, 6) is 1.84. The summed E-state index contributed by atoms with van der Waals surface area (Å²) in [6.45, 7) is 3.21. The number of benzene rings is 1. The van der Waals surface area contributed by atoms with Crippen LogP contribution < -0.4 is 4.74 Å². The van der Waals surface area contributed by atoms with Gasteiger partial charge in [-0.1, -0.05) is 37.9 Å². The van der Waals surface area contributed by atoms with Crippen molar-refractivity contribution in [1.82, 2.24) is 14.8 Å². The molecule has 1 aromatic carbocycles. The average molecular weight is 331 g/mol. The van der Waals surface area contributed by atoms with Crippen LogP contribution in [0, 0.1) is 0 Å². The zero-order valence-corrected chi connectivity index (χ0v) is 14.8. The molecule has 0 spiro atoms. The van der Waals surface area contributed by atoms with E-state index in [0.29, 0.717) is 5.25 Å². The number of unbranched alkanes of at least 4 members (excludes halogenated alkanes) is 1. The average Bonchev–Trinajstić information content (AvgIpc) is 3.23. The second-order valence-electron chi connectivity index (χ2n) is 6.06. The SMILES string of the molecule is CCCCn1c(SC2CCCC2)nnc1-c1ccc(OC)cc1. The summed E-state index contributed by atoms with van der Waals surface area (Å²) >= 11 is 1.92. The molecule has 124 valence electrons. The van der Waals surface area contributed by atoms with Crippen molar-refractivity contribution in [2.45, 2.75) is 62.4 Å². The smallest absolute Gasteiger partial charge is 0.191 e. The van der Waals surface area contributed by atoms with Crippen molar-refractivity contribution in [1.29, 1.82) is 0 Å². The van der Waals surface area contributed by atoms with Gasteiger partial charge in [-0.25, -0.2) is 0 Å². The fourth-order valence-corrected chi connectivity index (χ4v) is 4.26. The molecule has 1 aliphatic carbocycles. The van der Waals surface area contributed by atoms with Crippen LogP contribution in [0.1, 0.15) is 45.4 Å². The fraction of sp³-hybridized carbons (Fsp3) is 0.556. The molecule has 0 atom stereocenters. The summed E-state index contributed by atoms with van der Waals surface area (Å²) in [4.78, 5) is 0. The van der Waals surface area contributed by atoms with Gasteiger partial charge in [-0.2, -0.15) is 0 Å². The first kappa shape index (κ1) is 16.4. The molecule has 0 saturated heterocycles. The third-order valence-corrected chi connectivity index (χ3v) is 5.69. The largest absolute Gasteiger partial charge is 0.497 e. The Hall–Kier alpha value is -1.49. The minimum atomic E-state index is 0.711. The molecule has 0 N–H and O–H groups in total. The van der Waals surface area contributed by atoms with E-state index in [1.54, 1.807) is 7.11 Å². The lowest BCUT2D eigenvalue weighted by molar-refractivity contribution is 0.415. The number of rotatable bonds is 7. The predicted molar refractivity (Wildman–Crippen MR) is 95.0 cm³/mol. The first-order valence-corrected chi connectivity index (χ1v) is 9.44. The van der Waals surface area contributed by atoms with Crippen LogP contribution in [0.2, 0.25) is 0 Å². The second-order valence-corrected chi connectivity index (χ2v) is 7.33. The zero-order chi connectivity index (χ0) is 16.1. The number of nitrogens with zero attached hydrogens (tertiary/aromatic N) is 3. The summed E-state index contributed by atoms with van der Waals surface area (Å²) < 4.78 is 7.55. The van der Waals surface area contributed by atoms with Gasteiger partial charge in [0.1, 0.15) is 5.75 Å². The maximum absolute atomic E-state index is 5.25. The Bertz CT molecular complexity index is 618. The molecule has 1 aliphatic rings. The molecule has 0 bridgehead atoms. The van der Waals surface area contributed by atoms with Crippen LogP contribution in [0.5, 0.6) is 5.75 Å². The molecular formula is C18H25N3OS. The summed E-state index contributed by atoms with van der Waals surface area (Å²) in [6.07, 6.45) is 7.65. The quantitative estimate of drug-likeness (QED) is 0.731. The fourth-order valence-electron chi connectivity index (χ4n) is 3.00. The number of thioether (sulfide) groups is 1. The van der Waals surface area contributed by atoms with Crippen LogP contribution in [0.25, 0.3) is 11.4 Å². The molecule has 0 radical (unpaired) electrons. The maximum Gasteiger partial charge on any atom is 0.191 e. The molecule has 1 heterocycles. The van der Waals surface area contributed by atoms with Gasteiger partial charge in [-0.05, 0) is 43.5 Å².